The zero-order valence-corrected chi connectivity index (χ0v) is 38.1. The molecule has 0 radical (unpaired) electrons. The van der Waals surface area contributed by atoms with Gasteiger partial charge in [-0.05, 0) is 76.6 Å². The van der Waals surface area contributed by atoms with Gasteiger partial charge in [-0.2, -0.15) is 0 Å². The van der Waals surface area contributed by atoms with Gasteiger partial charge in [-0.3, -0.25) is 25.9 Å². The third kappa shape index (κ3) is 7.22. The fourth-order valence-electron chi connectivity index (χ4n) is 11.6. The van der Waals surface area contributed by atoms with Crippen molar-refractivity contribution in [3.05, 3.63) is 269 Å². The Kier molecular flexibility index (Phi) is 10.4. The first kappa shape index (κ1) is 41.7. The average Bonchev–Trinajstić information content (AvgIpc) is 3.91. The predicted octanol–water partition coefficient (Wildman–Crippen LogP) is 14.4. The molecule has 0 amide bonds. The summed E-state index contributed by atoms with van der Waals surface area (Å²) in [5.41, 5.74) is 14.7. The van der Waals surface area contributed by atoms with E-state index in [4.69, 9.17) is 0 Å². The van der Waals surface area contributed by atoms with Crippen molar-refractivity contribution in [2.75, 3.05) is 0 Å². The molecule has 7 nitrogen and oxygen atoms in total. The Balaban J connectivity index is 0.881. The van der Waals surface area contributed by atoms with E-state index < -0.39 is 4.65 Å². The van der Waals surface area contributed by atoms with Crippen LogP contribution in [-0.2, 0) is 0 Å². The lowest BCUT2D eigenvalue weighted by Crippen LogP contribution is -2.45. The van der Waals surface area contributed by atoms with Crippen LogP contribution >= 0.6 is 0 Å². The van der Waals surface area contributed by atoms with Crippen molar-refractivity contribution in [1.29, 1.82) is 0 Å². The number of nitrogens with one attached hydrogen (secondary N) is 4. The first-order chi connectivity index (χ1) is 34.1. The Morgan fingerprint density at radius 3 is 1.35 bits per heavy atom. The van der Waals surface area contributed by atoms with Crippen LogP contribution in [0.4, 0.5) is 17.1 Å². The maximum atomic E-state index is 16.2. The minimum Gasteiger partial charge on any atom is -0.616 e. The van der Waals surface area contributed by atoms with Gasteiger partial charge in [0.05, 0.1) is 34.5 Å². The van der Waals surface area contributed by atoms with Crippen molar-refractivity contribution in [3.63, 3.8) is 0 Å². The highest BCUT2D eigenvalue weighted by Crippen LogP contribution is 2.60. The molecule has 336 valence electrons. The van der Waals surface area contributed by atoms with Crippen LogP contribution in [0.2, 0.25) is 0 Å². The van der Waals surface area contributed by atoms with Gasteiger partial charge in [0.2, 0.25) is 0 Å². The molecule has 3 aliphatic rings. The molecular weight excluding hydrogens is 845 g/mol. The van der Waals surface area contributed by atoms with Crippen LogP contribution in [0.25, 0.3) is 38.6 Å². The van der Waals surface area contributed by atoms with Crippen LogP contribution in [0, 0.1) is 5.21 Å². The average molecular weight is 897 g/mol. The van der Waals surface area contributed by atoms with Crippen molar-refractivity contribution in [3.8, 4) is 16.8 Å². The topological polar surface area (TPSA) is 76.1 Å². The molecule has 1 aromatic heterocycles. The molecule has 13 rings (SSSR count). The van der Waals surface area contributed by atoms with E-state index in [1.54, 1.807) is 0 Å². The lowest BCUT2D eigenvalue weighted by molar-refractivity contribution is 0.247. The van der Waals surface area contributed by atoms with Gasteiger partial charge in [0.25, 0.3) is 0 Å². The van der Waals surface area contributed by atoms with Crippen LogP contribution < -0.4 is 25.9 Å². The van der Waals surface area contributed by atoms with Crippen molar-refractivity contribution in [1.82, 2.24) is 30.5 Å². The third-order valence-electron chi connectivity index (χ3n) is 15.0. The van der Waals surface area contributed by atoms with Gasteiger partial charge >= 0.3 is 0 Å². The van der Waals surface area contributed by atoms with Crippen molar-refractivity contribution >= 4 is 38.9 Å². The quantitative estimate of drug-likeness (QED) is 0.0903. The first-order valence-corrected chi connectivity index (χ1v) is 24.3. The molecule has 0 bridgehead atoms. The molecule has 3 aliphatic heterocycles. The lowest BCUT2D eigenvalue weighted by atomic mass is 9.90. The second kappa shape index (κ2) is 17.3. The smallest absolute Gasteiger partial charge is 0.153 e. The van der Waals surface area contributed by atoms with Gasteiger partial charge < -0.3 is 9.77 Å². The van der Waals surface area contributed by atoms with Gasteiger partial charge in [0, 0.05) is 64.9 Å². The van der Waals surface area contributed by atoms with Crippen molar-refractivity contribution in [2.45, 2.75) is 49.3 Å². The number of quaternary nitrogens is 1. The molecule has 2 fully saturated rings. The Morgan fingerprint density at radius 1 is 0.377 bits per heavy atom. The van der Waals surface area contributed by atoms with E-state index in [9.17, 15) is 0 Å². The first-order valence-electron chi connectivity index (χ1n) is 24.3. The van der Waals surface area contributed by atoms with Crippen molar-refractivity contribution < 1.29 is 0 Å². The SMILES string of the molecule is [O-][N+]1(c2ccc(C3CC(c4ccccc4)NC(c4ccccc4)N3)cc2)c2ccccc2-c2c1ccc1c3ccccc3n(-c3ccc(C4CC(c5ccccc5)NC(c5ccccc5)N4)cc3)c21. The number of hydrogen-bond acceptors (Lipinski definition) is 5. The van der Waals surface area contributed by atoms with Crippen LogP contribution in [0.15, 0.2) is 231 Å². The maximum Gasteiger partial charge on any atom is 0.153 e. The van der Waals surface area contributed by atoms with E-state index in [-0.39, 0.29) is 36.5 Å². The van der Waals surface area contributed by atoms with E-state index in [2.05, 4.69) is 244 Å². The summed E-state index contributed by atoms with van der Waals surface area (Å²) >= 11 is 0. The summed E-state index contributed by atoms with van der Waals surface area (Å²) in [6, 6.07) is 82.0. The Bertz CT molecular complexity index is 3340. The Labute approximate surface area is 402 Å². The summed E-state index contributed by atoms with van der Waals surface area (Å²) in [5, 5.41) is 34.1. The van der Waals surface area contributed by atoms with E-state index in [0.717, 1.165) is 68.4 Å². The Morgan fingerprint density at radius 2 is 0.812 bits per heavy atom. The Hall–Kier alpha value is -7.46. The molecule has 7 atom stereocenters. The largest absolute Gasteiger partial charge is 0.616 e. The molecule has 69 heavy (non-hydrogen) atoms. The van der Waals surface area contributed by atoms with Crippen LogP contribution in [-0.4, -0.2) is 4.57 Å². The summed E-state index contributed by atoms with van der Waals surface area (Å²) in [6.07, 6.45) is 1.75. The number of nitrogens with zero attached hydrogens (tertiary/aromatic N) is 2. The number of para-hydroxylation sites is 2. The van der Waals surface area contributed by atoms with E-state index in [0.29, 0.717) is 5.69 Å². The number of hydrogen-bond donors (Lipinski definition) is 4. The number of fused-ring (bicyclic) bond motifs is 7. The van der Waals surface area contributed by atoms with Crippen LogP contribution in [0.5, 0.6) is 0 Å². The zero-order valence-electron chi connectivity index (χ0n) is 38.1. The number of rotatable bonds is 8. The molecule has 4 heterocycles. The number of benzene rings is 9. The highest BCUT2D eigenvalue weighted by Gasteiger charge is 2.42. The molecule has 0 aliphatic carbocycles. The molecule has 7 unspecified atom stereocenters. The van der Waals surface area contributed by atoms with E-state index in [1.165, 1.54) is 27.8 Å². The highest BCUT2D eigenvalue weighted by molar-refractivity contribution is 6.19. The van der Waals surface area contributed by atoms with Gasteiger partial charge in [-0.1, -0.05) is 176 Å². The van der Waals surface area contributed by atoms with Crippen molar-refractivity contribution in [2.24, 2.45) is 0 Å². The normalized spacial score (nSPS) is 23.1. The predicted molar refractivity (Wildman–Crippen MR) is 281 cm³/mol. The highest BCUT2D eigenvalue weighted by atomic mass is 16.5. The molecule has 7 heteroatoms. The van der Waals surface area contributed by atoms with E-state index in [1.807, 2.05) is 12.1 Å². The fourth-order valence-corrected chi connectivity index (χ4v) is 11.6. The van der Waals surface area contributed by atoms with Gasteiger partial charge in [0.1, 0.15) is 5.69 Å². The second-order valence-electron chi connectivity index (χ2n) is 18.9. The summed E-state index contributed by atoms with van der Waals surface area (Å²) < 4.78 is 1.71. The summed E-state index contributed by atoms with van der Waals surface area (Å²) in [4.78, 5) is 0. The fraction of sp³-hybridized carbons (Fsp3) is 0.129. The van der Waals surface area contributed by atoms with E-state index >= 15 is 5.21 Å². The summed E-state index contributed by atoms with van der Waals surface area (Å²) in [5.74, 6) is 0. The standard InChI is InChI=1S/C62H52N6O/c69-68(48-35-31-44(32-36-48)55-40-53(42-19-7-2-8-20-42)64-62(66-55)46-23-11-4-12-24-46)57-28-16-14-26-51(57)59-58(68)38-37-50-49-25-13-15-27-56(49)67(60(50)59)47-33-29-43(30-34-47)54-39-52(41-17-5-1-6-18-41)63-61(65-54)45-21-9-3-10-22-45/h1-38,52-55,61-66H,39-40H2. The molecule has 10 aromatic rings. The lowest BCUT2D eigenvalue weighted by Gasteiger charge is -2.40. The van der Waals surface area contributed by atoms with Crippen LogP contribution in [0.1, 0.15) is 82.7 Å². The molecule has 9 aromatic carbocycles. The molecule has 2 saturated heterocycles. The second-order valence-corrected chi connectivity index (χ2v) is 18.9. The molecule has 0 spiro atoms. The van der Waals surface area contributed by atoms with Gasteiger partial charge in [0.15, 0.2) is 11.4 Å². The molecule has 0 saturated carbocycles. The molecule has 4 N–H and O–H groups in total. The monoisotopic (exact) mass is 896 g/mol. The maximum absolute atomic E-state index is 16.2. The zero-order chi connectivity index (χ0) is 45.9. The summed E-state index contributed by atoms with van der Waals surface area (Å²) in [7, 11) is 0. The third-order valence-corrected chi connectivity index (χ3v) is 15.0. The summed E-state index contributed by atoms with van der Waals surface area (Å²) in [6.45, 7) is 0. The van der Waals surface area contributed by atoms with Crippen LogP contribution in [0.3, 0.4) is 0 Å². The minimum absolute atomic E-state index is 0.00303. The minimum atomic E-state index is -0.673. The number of aromatic nitrogens is 1. The molecular formula is C62H52N6O. The van der Waals surface area contributed by atoms with Gasteiger partial charge in [-0.15, -0.1) is 0 Å². The van der Waals surface area contributed by atoms with Gasteiger partial charge in [-0.25, -0.2) is 0 Å².